The van der Waals surface area contributed by atoms with E-state index in [0.717, 1.165) is 18.4 Å². The lowest BCUT2D eigenvalue weighted by molar-refractivity contribution is 0.00403. The first-order chi connectivity index (χ1) is 8.61. The molecule has 0 aromatic carbocycles. The number of fused-ring (bicyclic) bond motifs is 1. The van der Waals surface area contributed by atoms with Crippen LogP contribution in [0, 0.1) is 6.92 Å². The van der Waals surface area contributed by atoms with Crippen LogP contribution >= 0.6 is 11.3 Å². The number of ether oxygens (including phenoxy) is 1. The highest BCUT2D eigenvalue weighted by atomic mass is 32.1. The van der Waals surface area contributed by atoms with Crippen LogP contribution < -0.4 is 11.2 Å². The standard InChI is InChI=1S/C12H14N2O3S/c1-6-5-18-10-9(6)11(15)14(12(16)13-10)7-3-8(4-7)17-2/h5,7-8H,3-4H2,1-2H3,(H,13,16). The Kier molecular flexibility index (Phi) is 2.64. The molecule has 1 fully saturated rings. The zero-order valence-corrected chi connectivity index (χ0v) is 11.0. The summed E-state index contributed by atoms with van der Waals surface area (Å²) in [5.41, 5.74) is 0.438. The highest BCUT2D eigenvalue weighted by molar-refractivity contribution is 7.16. The Morgan fingerprint density at radius 3 is 2.83 bits per heavy atom. The van der Waals surface area contributed by atoms with Crippen LogP contribution in [0.5, 0.6) is 0 Å². The number of rotatable bonds is 2. The first kappa shape index (κ1) is 11.7. The molecule has 2 aromatic heterocycles. The summed E-state index contributed by atoms with van der Waals surface area (Å²) in [7, 11) is 1.65. The summed E-state index contributed by atoms with van der Waals surface area (Å²) >= 11 is 1.40. The minimum atomic E-state index is -0.311. The SMILES string of the molecule is COC1CC(n2c(=O)[nH]c3scc(C)c3c2=O)C1. The van der Waals surface area contributed by atoms with Gasteiger partial charge in [-0.05, 0) is 30.7 Å². The van der Waals surface area contributed by atoms with Crippen molar-refractivity contribution in [3.05, 3.63) is 31.8 Å². The summed E-state index contributed by atoms with van der Waals surface area (Å²) in [5, 5.41) is 2.53. The molecule has 1 aliphatic carbocycles. The molecule has 5 nitrogen and oxygen atoms in total. The van der Waals surface area contributed by atoms with Crippen molar-refractivity contribution in [1.29, 1.82) is 0 Å². The zero-order chi connectivity index (χ0) is 12.9. The lowest BCUT2D eigenvalue weighted by Crippen LogP contribution is -2.45. The lowest BCUT2D eigenvalue weighted by atomic mass is 9.89. The van der Waals surface area contributed by atoms with Crippen molar-refractivity contribution < 1.29 is 4.74 Å². The number of nitrogens with zero attached hydrogens (tertiary/aromatic N) is 1. The average molecular weight is 266 g/mol. The molecule has 0 aliphatic heterocycles. The summed E-state index contributed by atoms with van der Waals surface area (Å²) in [6.45, 7) is 1.89. The van der Waals surface area contributed by atoms with E-state index >= 15 is 0 Å². The number of H-pyrrole nitrogens is 1. The Balaban J connectivity index is 2.15. The van der Waals surface area contributed by atoms with Gasteiger partial charge in [0.2, 0.25) is 0 Å². The normalized spacial score (nSPS) is 23.2. The molecule has 0 radical (unpaired) electrons. The van der Waals surface area contributed by atoms with E-state index in [2.05, 4.69) is 4.98 Å². The largest absolute Gasteiger partial charge is 0.381 e. The first-order valence-corrected chi connectivity index (χ1v) is 6.75. The van der Waals surface area contributed by atoms with Gasteiger partial charge in [0, 0.05) is 13.2 Å². The van der Waals surface area contributed by atoms with Crippen molar-refractivity contribution in [3.63, 3.8) is 0 Å². The maximum atomic E-state index is 12.4. The van der Waals surface area contributed by atoms with Gasteiger partial charge in [-0.3, -0.25) is 14.3 Å². The fraction of sp³-hybridized carbons (Fsp3) is 0.500. The number of nitrogens with one attached hydrogen (secondary N) is 1. The van der Waals surface area contributed by atoms with E-state index in [9.17, 15) is 9.59 Å². The number of aromatic nitrogens is 2. The minimum absolute atomic E-state index is 0.0325. The predicted octanol–water partition coefficient (Wildman–Crippen LogP) is 1.41. The maximum absolute atomic E-state index is 12.4. The molecule has 0 amide bonds. The monoisotopic (exact) mass is 266 g/mol. The van der Waals surface area contributed by atoms with Crippen LogP contribution in [0.3, 0.4) is 0 Å². The van der Waals surface area contributed by atoms with E-state index in [-0.39, 0.29) is 23.4 Å². The molecule has 0 bridgehead atoms. The molecule has 96 valence electrons. The highest BCUT2D eigenvalue weighted by Crippen LogP contribution is 2.32. The molecule has 0 atom stereocenters. The number of hydrogen-bond acceptors (Lipinski definition) is 4. The van der Waals surface area contributed by atoms with Crippen LogP contribution in [0.4, 0.5) is 0 Å². The van der Waals surface area contributed by atoms with Gasteiger partial charge in [0.25, 0.3) is 5.56 Å². The van der Waals surface area contributed by atoms with Gasteiger partial charge < -0.3 is 4.74 Å². The molecule has 3 rings (SSSR count). The van der Waals surface area contributed by atoms with Crippen LogP contribution in [-0.2, 0) is 4.74 Å². The van der Waals surface area contributed by atoms with E-state index in [4.69, 9.17) is 4.74 Å². The summed E-state index contributed by atoms with van der Waals surface area (Å²) in [6, 6.07) is -0.0325. The quantitative estimate of drug-likeness (QED) is 0.894. The van der Waals surface area contributed by atoms with E-state index in [1.165, 1.54) is 15.9 Å². The molecular formula is C12H14N2O3S. The predicted molar refractivity (Wildman–Crippen MR) is 70.5 cm³/mol. The molecule has 2 heterocycles. The van der Waals surface area contributed by atoms with Gasteiger partial charge >= 0.3 is 5.69 Å². The van der Waals surface area contributed by atoms with Gasteiger partial charge in [-0.15, -0.1) is 11.3 Å². The third-order valence-electron chi connectivity index (χ3n) is 3.62. The van der Waals surface area contributed by atoms with Crippen LogP contribution in [0.25, 0.3) is 10.2 Å². The van der Waals surface area contributed by atoms with Crippen molar-refractivity contribution in [2.75, 3.05) is 7.11 Å². The smallest absolute Gasteiger partial charge is 0.329 e. The van der Waals surface area contributed by atoms with Gasteiger partial charge in [0.15, 0.2) is 0 Å². The second-order valence-corrected chi connectivity index (χ2v) is 5.59. The number of aryl methyl sites for hydroxylation is 1. The summed E-state index contributed by atoms with van der Waals surface area (Å²) in [5.74, 6) is 0. The lowest BCUT2D eigenvalue weighted by Gasteiger charge is -2.34. The van der Waals surface area contributed by atoms with Gasteiger partial charge in [0.1, 0.15) is 4.83 Å². The van der Waals surface area contributed by atoms with Gasteiger partial charge in [-0.2, -0.15) is 0 Å². The Bertz CT molecular complexity index is 706. The summed E-state index contributed by atoms with van der Waals surface area (Å²) in [6.07, 6.45) is 1.63. The molecule has 6 heteroatoms. The molecule has 0 spiro atoms. The average Bonchev–Trinajstić information content (AvgIpc) is 2.63. The number of thiophene rings is 1. The van der Waals surface area contributed by atoms with E-state index < -0.39 is 0 Å². The van der Waals surface area contributed by atoms with Gasteiger partial charge in [0.05, 0.1) is 11.5 Å². The number of hydrogen-bond donors (Lipinski definition) is 1. The Morgan fingerprint density at radius 2 is 2.17 bits per heavy atom. The van der Waals surface area contributed by atoms with Gasteiger partial charge in [-0.25, -0.2) is 4.79 Å². The van der Waals surface area contributed by atoms with Crippen molar-refractivity contribution in [1.82, 2.24) is 9.55 Å². The summed E-state index contributed by atoms with van der Waals surface area (Å²) in [4.78, 5) is 27.8. The highest BCUT2D eigenvalue weighted by Gasteiger charge is 2.33. The molecule has 18 heavy (non-hydrogen) atoms. The van der Waals surface area contributed by atoms with E-state index in [1.807, 2.05) is 12.3 Å². The van der Waals surface area contributed by atoms with Crippen molar-refractivity contribution in [2.24, 2.45) is 0 Å². The zero-order valence-electron chi connectivity index (χ0n) is 10.2. The third-order valence-corrected chi connectivity index (χ3v) is 4.63. The minimum Gasteiger partial charge on any atom is -0.381 e. The Morgan fingerprint density at radius 1 is 1.44 bits per heavy atom. The van der Waals surface area contributed by atoms with Crippen LogP contribution in [0.2, 0.25) is 0 Å². The Hall–Kier alpha value is -1.40. The van der Waals surface area contributed by atoms with Crippen molar-refractivity contribution in [2.45, 2.75) is 31.9 Å². The van der Waals surface area contributed by atoms with Crippen LogP contribution in [0.15, 0.2) is 15.0 Å². The first-order valence-electron chi connectivity index (χ1n) is 5.87. The maximum Gasteiger partial charge on any atom is 0.329 e. The molecule has 1 N–H and O–H groups in total. The van der Waals surface area contributed by atoms with Crippen molar-refractivity contribution >= 4 is 21.6 Å². The molecule has 0 saturated heterocycles. The summed E-state index contributed by atoms with van der Waals surface area (Å²) < 4.78 is 6.53. The van der Waals surface area contributed by atoms with Gasteiger partial charge in [-0.1, -0.05) is 0 Å². The molecule has 2 aromatic rings. The molecule has 1 aliphatic rings. The second-order valence-electron chi connectivity index (χ2n) is 4.71. The topological polar surface area (TPSA) is 64.1 Å². The molecule has 0 unspecified atom stereocenters. The third kappa shape index (κ3) is 1.56. The fourth-order valence-corrected chi connectivity index (χ4v) is 3.37. The van der Waals surface area contributed by atoms with Crippen LogP contribution in [0.1, 0.15) is 24.4 Å². The Labute approximate surface area is 107 Å². The number of aromatic amines is 1. The van der Waals surface area contributed by atoms with E-state index in [0.29, 0.717) is 10.2 Å². The molecular weight excluding hydrogens is 252 g/mol. The second kappa shape index (κ2) is 4.07. The van der Waals surface area contributed by atoms with E-state index in [1.54, 1.807) is 7.11 Å². The van der Waals surface area contributed by atoms with Crippen molar-refractivity contribution in [3.8, 4) is 0 Å². The van der Waals surface area contributed by atoms with Crippen LogP contribution in [-0.4, -0.2) is 22.8 Å². The fourth-order valence-electron chi connectivity index (χ4n) is 2.44. The molecule has 1 saturated carbocycles. The number of methoxy groups -OCH3 is 1.